The molecule has 0 unspecified atom stereocenters. The van der Waals surface area contributed by atoms with Crippen LogP contribution in [0.25, 0.3) is 6.08 Å². The summed E-state index contributed by atoms with van der Waals surface area (Å²) in [6, 6.07) is 7.13. The molecule has 2 heterocycles. The second-order valence-electron chi connectivity index (χ2n) is 9.51. The monoisotopic (exact) mass is 718 g/mol. The first-order chi connectivity index (χ1) is 22.0. The minimum Gasteiger partial charge on any atom is -0.493 e. The number of ether oxygens (including phenoxy) is 6. The van der Waals surface area contributed by atoms with E-state index in [1.54, 1.807) is 57.2 Å². The summed E-state index contributed by atoms with van der Waals surface area (Å²) in [5.74, 6) is -1.31. The number of carbonyl (C=O) groups excluding carboxylic acids is 2. The molecule has 1 aromatic heterocycles. The molecule has 46 heavy (non-hydrogen) atoms. The van der Waals surface area contributed by atoms with Gasteiger partial charge in [0.2, 0.25) is 0 Å². The lowest BCUT2D eigenvalue weighted by atomic mass is 9.95. The number of carbonyl (C=O) groups is 3. The lowest BCUT2D eigenvalue weighted by Gasteiger charge is -2.25. The van der Waals surface area contributed by atoms with Crippen LogP contribution in [0.1, 0.15) is 37.9 Å². The van der Waals surface area contributed by atoms with Crippen molar-refractivity contribution in [2.24, 2.45) is 4.99 Å². The van der Waals surface area contributed by atoms with E-state index in [1.165, 1.54) is 18.8 Å². The number of hydrogen-bond acceptors (Lipinski definition) is 12. The molecule has 0 aliphatic carbocycles. The topological polar surface area (TPSA) is 161 Å². The first-order valence-corrected chi connectivity index (χ1v) is 15.5. The van der Waals surface area contributed by atoms with E-state index in [1.807, 2.05) is 0 Å². The molecule has 2 aromatic carbocycles. The van der Waals surface area contributed by atoms with E-state index < -0.39 is 36.1 Å². The van der Waals surface area contributed by atoms with Gasteiger partial charge in [0.1, 0.15) is 0 Å². The van der Waals surface area contributed by atoms with Crippen molar-refractivity contribution < 1.29 is 47.9 Å². The summed E-state index contributed by atoms with van der Waals surface area (Å²) in [5, 5.41) is 8.99. The van der Waals surface area contributed by atoms with Gasteiger partial charge in [0, 0.05) is 4.47 Å². The van der Waals surface area contributed by atoms with E-state index in [4.69, 9.17) is 28.8 Å². The number of carboxylic acid groups (broad SMARTS) is 1. The molecule has 0 bridgehead atoms. The molecule has 0 saturated carbocycles. The number of thiazole rings is 1. The van der Waals surface area contributed by atoms with Crippen LogP contribution in [0.3, 0.4) is 0 Å². The van der Waals surface area contributed by atoms with Gasteiger partial charge in [-0.1, -0.05) is 33.3 Å². The molecule has 0 spiro atoms. The zero-order valence-electron chi connectivity index (χ0n) is 25.6. The number of aromatic nitrogens is 1. The Morgan fingerprint density at radius 2 is 1.72 bits per heavy atom. The summed E-state index contributed by atoms with van der Waals surface area (Å²) in [5.41, 5.74) is 1.19. The number of nitrogens with zero attached hydrogens (tertiary/aromatic N) is 2. The van der Waals surface area contributed by atoms with Crippen molar-refractivity contribution in [3.63, 3.8) is 0 Å². The third-order valence-electron chi connectivity index (χ3n) is 6.59. The SMILES string of the molecule is CCOC(=O)C1=C(C)N=c2s/c(=C\c3cc(OC)c(OCC(=O)O)cc3Br)c(=O)n2[C@@H]1c1ccc(OCC(=O)OC)c(OCC)c1. The Bertz CT molecular complexity index is 1880. The largest absolute Gasteiger partial charge is 0.493 e. The predicted octanol–water partition coefficient (Wildman–Crippen LogP) is 2.98. The minimum absolute atomic E-state index is 0.110. The van der Waals surface area contributed by atoms with Gasteiger partial charge in [0.25, 0.3) is 5.56 Å². The van der Waals surface area contributed by atoms with Crippen LogP contribution in [0.2, 0.25) is 0 Å². The highest BCUT2D eigenvalue weighted by molar-refractivity contribution is 9.10. The first kappa shape index (κ1) is 34.2. The molecule has 13 nitrogen and oxygen atoms in total. The van der Waals surface area contributed by atoms with Crippen molar-refractivity contribution in [2.75, 3.05) is 40.6 Å². The van der Waals surface area contributed by atoms with Crippen molar-refractivity contribution in [3.05, 3.63) is 76.9 Å². The maximum Gasteiger partial charge on any atom is 0.343 e. The zero-order chi connectivity index (χ0) is 33.5. The molecule has 1 N–H and O–H groups in total. The third kappa shape index (κ3) is 7.42. The van der Waals surface area contributed by atoms with E-state index in [0.717, 1.165) is 11.3 Å². The molecule has 244 valence electrons. The summed E-state index contributed by atoms with van der Waals surface area (Å²) in [6.45, 7) is 4.62. The van der Waals surface area contributed by atoms with E-state index in [9.17, 15) is 19.2 Å². The summed E-state index contributed by atoms with van der Waals surface area (Å²) >= 11 is 4.59. The smallest absolute Gasteiger partial charge is 0.343 e. The van der Waals surface area contributed by atoms with E-state index in [-0.39, 0.29) is 42.6 Å². The molecule has 4 rings (SSSR count). The molecule has 1 atom stereocenters. The standard InChI is InChI=1S/C31H31BrN2O11S/c1-6-42-22-10-17(8-9-20(22)45-15-26(37)41-5)28-27(30(39)43-7-2)16(3)33-31-34(28)29(38)24(46-31)12-18-11-21(40-4)23(13-19(18)32)44-14-25(35)36/h8-13,28H,6-7,14-15H2,1-5H3,(H,35,36)/b24-12-/t28-/m1/s1. The van der Waals surface area contributed by atoms with Crippen LogP contribution in [-0.4, -0.2) is 68.2 Å². The number of carboxylic acids is 1. The van der Waals surface area contributed by atoms with Crippen LogP contribution < -0.4 is 33.8 Å². The number of halogens is 1. The Hall–Kier alpha value is -4.63. The van der Waals surface area contributed by atoms with Crippen LogP contribution in [0.15, 0.2) is 55.9 Å². The van der Waals surface area contributed by atoms with E-state index >= 15 is 0 Å². The molecule has 0 fully saturated rings. The third-order valence-corrected chi connectivity index (χ3v) is 8.26. The average molecular weight is 720 g/mol. The Labute approximate surface area is 275 Å². The molecular formula is C31H31BrN2O11S. The lowest BCUT2D eigenvalue weighted by molar-refractivity contribution is -0.143. The normalized spacial score (nSPS) is 14.2. The van der Waals surface area contributed by atoms with Gasteiger partial charge in [-0.05, 0) is 62.2 Å². The van der Waals surface area contributed by atoms with E-state index in [0.29, 0.717) is 36.4 Å². The Kier molecular flexibility index (Phi) is 11.2. The van der Waals surface area contributed by atoms with Crippen molar-refractivity contribution in [1.82, 2.24) is 4.57 Å². The number of rotatable bonds is 13. The number of methoxy groups -OCH3 is 2. The summed E-state index contributed by atoms with van der Waals surface area (Å²) in [7, 11) is 2.66. The van der Waals surface area contributed by atoms with Gasteiger partial charge in [0.15, 0.2) is 41.0 Å². The Balaban J connectivity index is 1.89. The fraction of sp³-hybridized carbons (Fsp3) is 0.323. The number of allylic oxidation sites excluding steroid dienone is 1. The summed E-state index contributed by atoms with van der Waals surface area (Å²) < 4.78 is 34.4. The predicted molar refractivity (Wildman–Crippen MR) is 169 cm³/mol. The molecule has 3 aromatic rings. The van der Waals surface area contributed by atoms with Crippen LogP contribution in [0.5, 0.6) is 23.0 Å². The molecule has 0 amide bonds. The highest BCUT2D eigenvalue weighted by Crippen LogP contribution is 2.37. The molecular weight excluding hydrogens is 688 g/mol. The fourth-order valence-corrected chi connectivity index (χ4v) is 6.07. The second kappa shape index (κ2) is 15.1. The van der Waals surface area contributed by atoms with Gasteiger partial charge in [-0.15, -0.1) is 0 Å². The number of esters is 2. The van der Waals surface area contributed by atoms with Gasteiger partial charge < -0.3 is 33.5 Å². The first-order valence-electron chi connectivity index (χ1n) is 13.9. The maximum absolute atomic E-state index is 14.1. The van der Waals surface area contributed by atoms with Crippen LogP contribution in [0.4, 0.5) is 0 Å². The molecule has 15 heteroatoms. The highest BCUT2D eigenvalue weighted by atomic mass is 79.9. The number of fused-ring (bicyclic) bond motifs is 1. The summed E-state index contributed by atoms with van der Waals surface area (Å²) in [6.07, 6.45) is 1.63. The van der Waals surface area contributed by atoms with Gasteiger partial charge in [0.05, 0.1) is 49.3 Å². The van der Waals surface area contributed by atoms with E-state index in [2.05, 4.69) is 25.7 Å². The highest BCUT2D eigenvalue weighted by Gasteiger charge is 2.34. The van der Waals surface area contributed by atoms with Gasteiger partial charge in [-0.3, -0.25) is 9.36 Å². The second-order valence-corrected chi connectivity index (χ2v) is 11.4. The number of aliphatic carboxylic acids is 1. The Morgan fingerprint density at radius 1 is 1.00 bits per heavy atom. The van der Waals surface area contributed by atoms with Gasteiger partial charge in [-0.2, -0.15) is 0 Å². The quantitative estimate of drug-likeness (QED) is 0.259. The maximum atomic E-state index is 14.1. The fourth-order valence-electron chi connectivity index (χ4n) is 4.60. The Morgan fingerprint density at radius 3 is 2.37 bits per heavy atom. The van der Waals surface area contributed by atoms with Crippen LogP contribution in [0, 0.1) is 0 Å². The van der Waals surface area contributed by atoms with Gasteiger partial charge >= 0.3 is 17.9 Å². The van der Waals surface area contributed by atoms with Crippen molar-refractivity contribution in [1.29, 1.82) is 0 Å². The minimum atomic E-state index is -1.15. The molecule has 1 aliphatic rings. The molecule has 0 radical (unpaired) electrons. The van der Waals surface area contributed by atoms with Crippen LogP contribution in [-0.2, 0) is 23.9 Å². The number of benzene rings is 2. The van der Waals surface area contributed by atoms with Crippen molar-refractivity contribution >= 4 is 51.3 Å². The molecule has 0 saturated heterocycles. The van der Waals surface area contributed by atoms with Crippen molar-refractivity contribution in [2.45, 2.75) is 26.8 Å². The molecule has 1 aliphatic heterocycles. The summed E-state index contributed by atoms with van der Waals surface area (Å²) in [4.78, 5) is 55.0. The average Bonchev–Trinajstić information content (AvgIpc) is 3.33. The zero-order valence-corrected chi connectivity index (χ0v) is 28.0. The van der Waals surface area contributed by atoms with Crippen LogP contribution >= 0.6 is 27.3 Å². The number of hydrogen-bond donors (Lipinski definition) is 1. The van der Waals surface area contributed by atoms with Gasteiger partial charge in [-0.25, -0.2) is 19.4 Å². The lowest BCUT2D eigenvalue weighted by Crippen LogP contribution is -2.40. The van der Waals surface area contributed by atoms with Crippen molar-refractivity contribution in [3.8, 4) is 23.0 Å².